The maximum atomic E-state index is 11.5. The van der Waals surface area contributed by atoms with Crippen LogP contribution in [0.5, 0.6) is 0 Å². The first kappa shape index (κ1) is 15.6. The van der Waals surface area contributed by atoms with E-state index in [9.17, 15) is 4.79 Å². The number of nitrogens with zero attached hydrogens (tertiary/aromatic N) is 4. The smallest absolute Gasteiger partial charge is 0.337 e. The summed E-state index contributed by atoms with van der Waals surface area (Å²) in [6.07, 6.45) is 1.75. The summed E-state index contributed by atoms with van der Waals surface area (Å²) >= 11 is 1.57. The summed E-state index contributed by atoms with van der Waals surface area (Å²) in [5, 5.41) is 10.3. The largest absolute Gasteiger partial charge is 0.465 e. The quantitative estimate of drug-likeness (QED) is 0.415. The van der Waals surface area contributed by atoms with Crippen molar-refractivity contribution < 1.29 is 9.53 Å². The van der Waals surface area contributed by atoms with E-state index in [-0.39, 0.29) is 5.97 Å². The monoisotopic (exact) mass is 350 g/mol. The molecule has 4 aromatic rings. The average molecular weight is 350 g/mol. The Kier molecular flexibility index (Phi) is 4.07. The molecule has 7 heteroatoms. The van der Waals surface area contributed by atoms with Crippen molar-refractivity contribution in [1.29, 1.82) is 0 Å². The average Bonchev–Trinajstić information content (AvgIpc) is 3.09. The summed E-state index contributed by atoms with van der Waals surface area (Å²) in [5.74, 6) is 0.385. The Morgan fingerprint density at radius 1 is 1.12 bits per heavy atom. The third-order valence-corrected chi connectivity index (χ3v) is 4.88. The zero-order valence-corrected chi connectivity index (χ0v) is 14.2. The Morgan fingerprint density at radius 2 is 1.92 bits per heavy atom. The lowest BCUT2D eigenvalue weighted by Gasteiger charge is -2.03. The van der Waals surface area contributed by atoms with E-state index in [1.807, 2.05) is 40.8 Å². The van der Waals surface area contributed by atoms with Crippen LogP contribution >= 0.6 is 11.8 Å². The first-order valence-corrected chi connectivity index (χ1v) is 8.63. The van der Waals surface area contributed by atoms with E-state index in [1.165, 1.54) is 7.11 Å². The molecule has 0 aliphatic carbocycles. The van der Waals surface area contributed by atoms with E-state index in [0.717, 1.165) is 33.0 Å². The minimum absolute atomic E-state index is 0.333. The topological polar surface area (TPSA) is 69.4 Å². The predicted octanol–water partition coefficient (Wildman–Crippen LogP) is 3.36. The maximum Gasteiger partial charge on any atom is 0.337 e. The first-order valence-electron chi connectivity index (χ1n) is 7.65. The minimum Gasteiger partial charge on any atom is -0.465 e. The molecule has 0 saturated carbocycles. The Hall–Kier alpha value is -2.93. The molecule has 2 aromatic heterocycles. The van der Waals surface area contributed by atoms with E-state index >= 15 is 0 Å². The molecule has 0 aliphatic rings. The van der Waals surface area contributed by atoms with Gasteiger partial charge in [0.25, 0.3) is 0 Å². The van der Waals surface area contributed by atoms with Gasteiger partial charge in [-0.05, 0) is 29.8 Å². The van der Waals surface area contributed by atoms with Gasteiger partial charge in [-0.25, -0.2) is 9.78 Å². The van der Waals surface area contributed by atoms with Gasteiger partial charge in [-0.2, -0.15) is 0 Å². The number of methoxy groups -OCH3 is 1. The van der Waals surface area contributed by atoms with Gasteiger partial charge in [0.2, 0.25) is 0 Å². The van der Waals surface area contributed by atoms with Crippen LogP contribution in [0.1, 0.15) is 15.9 Å². The number of carbonyl (C=O) groups is 1. The van der Waals surface area contributed by atoms with Gasteiger partial charge < -0.3 is 4.74 Å². The minimum atomic E-state index is -0.333. The van der Waals surface area contributed by atoms with Gasteiger partial charge in [-0.15, -0.1) is 10.2 Å². The van der Waals surface area contributed by atoms with Crippen molar-refractivity contribution >= 4 is 34.3 Å². The number of benzene rings is 2. The molecule has 0 saturated heterocycles. The van der Waals surface area contributed by atoms with Gasteiger partial charge in [0, 0.05) is 11.1 Å². The van der Waals surface area contributed by atoms with E-state index in [1.54, 1.807) is 30.2 Å². The zero-order valence-electron chi connectivity index (χ0n) is 13.4. The molecule has 2 heterocycles. The summed E-state index contributed by atoms with van der Waals surface area (Å²) < 4.78 is 6.60. The number of fused-ring (bicyclic) bond motifs is 3. The van der Waals surface area contributed by atoms with Crippen LogP contribution < -0.4 is 0 Å². The first-order chi connectivity index (χ1) is 12.3. The van der Waals surface area contributed by atoms with Crippen molar-refractivity contribution in [2.75, 3.05) is 7.11 Å². The molecular weight excluding hydrogens is 336 g/mol. The Morgan fingerprint density at radius 3 is 2.72 bits per heavy atom. The fraction of sp³-hybridized carbons (Fsp3) is 0.111. The van der Waals surface area contributed by atoms with Crippen LogP contribution in [0.4, 0.5) is 0 Å². The Labute approximate surface area is 147 Å². The molecule has 6 nitrogen and oxygen atoms in total. The van der Waals surface area contributed by atoms with Crippen molar-refractivity contribution in [2.24, 2.45) is 0 Å². The van der Waals surface area contributed by atoms with E-state index in [4.69, 9.17) is 4.74 Å². The fourth-order valence-electron chi connectivity index (χ4n) is 2.56. The number of hydrogen-bond donors (Lipinski definition) is 0. The number of ether oxygens (including phenoxy) is 1. The zero-order chi connectivity index (χ0) is 17.2. The number of rotatable bonds is 4. The van der Waals surface area contributed by atoms with E-state index in [0.29, 0.717) is 5.56 Å². The number of aromatic nitrogens is 4. The molecular formula is C18H14N4O2S. The lowest BCUT2D eigenvalue weighted by molar-refractivity contribution is 0.0600. The Balaban J connectivity index is 1.57. The van der Waals surface area contributed by atoms with Crippen molar-refractivity contribution in [2.45, 2.75) is 10.9 Å². The standard InChI is InChI=1S/C18H14N4O2S/c1-24-17(23)13-8-6-12(7-9-13)10-25-18-21-20-16-14-4-2-3-5-15(14)19-11-22(16)18/h2-9,11H,10H2,1H3. The van der Waals surface area contributed by atoms with Crippen LogP contribution in [0.15, 0.2) is 60.0 Å². The maximum absolute atomic E-state index is 11.5. The molecule has 0 N–H and O–H groups in total. The second-order valence-corrected chi connectivity index (χ2v) is 6.36. The number of thioether (sulfide) groups is 1. The predicted molar refractivity (Wildman–Crippen MR) is 95.6 cm³/mol. The molecule has 25 heavy (non-hydrogen) atoms. The molecule has 0 spiro atoms. The lowest BCUT2D eigenvalue weighted by atomic mass is 10.1. The molecule has 0 amide bonds. The molecule has 0 radical (unpaired) electrons. The van der Waals surface area contributed by atoms with Gasteiger partial charge in [0.1, 0.15) is 6.33 Å². The molecule has 2 aromatic carbocycles. The molecule has 0 aliphatic heterocycles. The number of esters is 1. The molecule has 4 rings (SSSR count). The second-order valence-electron chi connectivity index (χ2n) is 5.42. The van der Waals surface area contributed by atoms with E-state index < -0.39 is 0 Å². The lowest BCUT2D eigenvalue weighted by Crippen LogP contribution is -2.00. The van der Waals surface area contributed by atoms with Crippen LogP contribution in [-0.2, 0) is 10.5 Å². The summed E-state index contributed by atoms with van der Waals surface area (Å²) in [5.41, 5.74) is 3.33. The third-order valence-electron chi connectivity index (χ3n) is 3.86. The molecule has 124 valence electrons. The normalized spacial score (nSPS) is 11.1. The van der Waals surface area contributed by atoms with Crippen LogP contribution in [0.25, 0.3) is 16.6 Å². The fourth-order valence-corrected chi connectivity index (χ4v) is 3.42. The van der Waals surface area contributed by atoms with Gasteiger partial charge in [0.15, 0.2) is 10.8 Å². The highest BCUT2D eigenvalue weighted by molar-refractivity contribution is 7.98. The number of hydrogen-bond acceptors (Lipinski definition) is 6. The van der Waals surface area contributed by atoms with Gasteiger partial charge in [-0.3, -0.25) is 4.40 Å². The highest BCUT2D eigenvalue weighted by Gasteiger charge is 2.10. The third kappa shape index (κ3) is 2.94. The van der Waals surface area contributed by atoms with Crippen LogP contribution in [-0.4, -0.2) is 32.7 Å². The van der Waals surface area contributed by atoms with Gasteiger partial charge in [-0.1, -0.05) is 36.0 Å². The van der Waals surface area contributed by atoms with Crippen molar-refractivity contribution in [1.82, 2.24) is 19.6 Å². The molecule has 0 fully saturated rings. The highest BCUT2D eigenvalue weighted by Crippen LogP contribution is 2.24. The SMILES string of the molecule is COC(=O)c1ccc(CSc2nnc3c4ccccc4ncn23)cc1. The second kappa shape index (κ2) is 6.52. The number of para-hydroxylation sites is 1. The van der Waals surface area contributed by atoms with E-state index in [2.05, 4.69) is 15.2 Å². The number of carbonyl (C=O) groups excluding carboxylic acids is 1. The summed E-state index contributed by atoms with van der Waals surface area (Å²) in [6, 6.07) is 15.2. The molecule has 0 atom stereocenters. The van der Waals surface area contributed by atoms with Crippen LogP contribution in [0, 0.1) is 0 Å². The van der Waals surface area contributed by atoms with Gasteiger partial charge >= 0.3 is 5.97 Å². The van der Waals surface area contributed by atoms with Gasteiger partial charge in [0.05, 0.1) is 18.2 Å². The van der Waals surface area contributed by atoms with Crippen molar-refractivity contribution in [3.63, 3.8) is 0 Å². The molecule has 0 bridgehead atoms. The highest BCUT2D eigenvalue weighted by atomic mass is 32.2. The Bertz CT molecular complexity index is 1060. The summed E-state index contributed by atoms with van der Waals surface area (Å²) in [7, 11) is 1.38. The summed E-state index contributed by atoms with van der Waals surface area (Å²) in [6.45, 7) is 0. The van der Waals surface area contributed by atoms with Crippen LogP contribution in [0.2, 0.25) is 0 Å². The van der Waals surface area contributed by atoms with Crippen LogP contribution in [0.3, 0.4) is 0 Å². The molecule has 0 unspecified atom stereocenters. The van der Waals surface area contributed by atoms with Crippen molar-refractivity contribution in [3.8, 4) is 0 Å². The summed E-state index contributed by atoms with van der Waals surface area (Å²) in [4.78, 5) is 15.9. The van der Waals surface area contributed by atoms with Crippen molar-refractivity contribution in [3.05, 3.63) is 66.0 Å².